The van der Waals surface area contributed by atoms with Crippen LogP contribution >= 0.6 is 11.6 Å². The largest absolute Gasteiger partial charge is 0.367 e. The van der Waals surface area contributed by atoms with Gasteiger partial charge in [-0.05, 0) is 42.8 Å². The zero-order chi connectivity index (χ0) is 12.1. The minimum absolute atomic E-state index is 0.313. The van der Waals surface area contributed by atoms with Crippen molar-refractivity contribution in [3.8, 4) is 0 Å². The molecule has 3 nitrogen and oxygen atoms in total. The van der Waals surface area contributed by atoms with Gasteiger partial charge in [0.15, 0.2) is 0 Å². The normalized spacial score (nSPS) is 18.9. The molecule has 1 saturated carbocycles. The predicted molar refractivity (Wildman–Crippen MR) is 71.3 cm³/mol. The molecular weight excluding hydrogens is 234 g/mol. The highest BCUT2D eigenvalue weighted by Gasteiger charge is 2.22. The van der Waals surface area contributed by atoms with Crippen molar-refractivity contribution in [1.82, 2.24) is 9.97 Å². The fourth-order valence-corrected chi connectivity index (χ4v) is 2.84. The number of aromatic nitrogens is 2. The highest BCUT2D eigenvalue weighted by atomic mass is 35.5. The van der Waals surface area contributed by atoms with Crippen molar-refractivity contribution >= 4 is 17.4 Å². The van der Waals surface area contributed by atoms with Crippen LogP contribution in [-0.2, 0) is 0 Å². The zero-order valence-electron chi connectivity index (χ0n) is 10.3. The van der Waals surface area contributed by atoms with Crippen LogP contribution in [0.3, 0.4) is 0 Å². The maximum atomic E-state index is 5.80. The Bertz CT molecular complexity index is 350. The molecule has 17 heavy (non-hydrogen) atoms. The van der Waals surface area contributed by atoms with E-state index in [1.807, 2.05) is 6.07 Å². The third-order valence-corrected chi connectivity index (χ3v) is 3.80. The SMILES string of the molecule is CCC(Nc1ccnc(Cl)n1)C1CCCCC1. The van der Waals surface area contributed by atoms with E-state index in [0.717, 1.165) is 18.2 Å². The number of rotatable bonds is 4. The number of hydrogen-bond donors (Lipinski definition) is 1. The molecule has 1 aliphatic rings. The summed E-state index contributed by atoms with van der Waals surface area (Å²) in [5.41, 5.74) is 0. The van der Waals surface area contributed by atoms with Gasteiger partial charge in [0.25, 0.3) is 0 Å². The molecule has 94 valence electrons. The second kappa shape index (κ2) is 6.20. The topological polar surface area (TPSA) is 37.8 Å². The fraction of sp³-hybridized carbons (Fsp3) is 0.692. The quantitative estimate of drug-likeness (QED) is 0.827. The minimum Gasteiger partial charge on any atom is -0.367 e. The molecule has 0 aromatic carbocycles. The molecule has 2 rings (SSSR count). The molecule has 0 spiro atoms. The molecule has 1 atom stereocenters. The average molecular weight is 254 g/mol. The van der Waals surface area contributed by atoms with Crippen molar-refractivity contribution in [3.05, 3.63) is 17.5 Å². The van der Waals surface area contributed by atoms with Crippen molar-refractivity contribution < 1.29 is 0 Å². The molecule has 0 aliphatic heterocycles. The first-order valence-electron chi connectivity index (χ1n) is 6.54. The van der Waals surface area contributed by atoms with Gasteiger partial charge in [0.05, 0.1) is 0 Å². The number of hydrogen-bond acceptors (Lipinski definition) is 3. The fourth-order valence-electron chi connectivity index (χ4n) is 2.70. The van der Waals surface area contributed by atoms with Gasteiger partial charge >= 0.3 is 0 Å². The Morgan fingerprint density at radius 1 is 1.41 bits per heavy atom. The van der Waals surface area contributed by atoms with Crippen LogP contribution < -0.4 is 5.32 Å². The van der Waals surface area contributed by atoms with Gasteiger partial charge in [-0.1, -0.05) is 26.2 Å². The number of halogens is 1. The summed E-state index contributed by atoms with van der Waals surface area (Å²) >= 11 is 5.80. The van der Waals surface area contributed by atoms with E-state index in [9.17, 15) is 0 Å². The van der Waals surface area contributed by atoms with Crippen LogP contribution in [0.1, 0.15) is 45.4 Å². The van der Waals surface area contributed by atoms with E-state index in [1.54, 1.807) is 6.20 Å². The van der Waals surface area contributed by atoms with E-state index in [2.05, 4.69) is 22.2 Å². The van der Waals surface area contributed by atoms with Crippen molar-refractivity contribution in [1.29, 1.82) is 0 Å². The van der Waals surface area contributed by atoms with Crippen molar-refractivity contribution in [2.75, 3.05) is 5.32 Å². The second-order valence-corrected chi connectivity index (χ2v) is 5.11. The van der Waals surface area contributed by atoms with Crippen LogP contribution in [0.15, 0.2) is 12.3 Å². The summed E-state index contributed by atoms with van der Waals surface area (Å²) in [5.74, 6) is 1.63. The Balaban J connectivity index is 1.98. The molecular formula is C13H20ClN3. The Hall–Kier alpha value is -0.830. The van der Waals surface area contributed by atoms with Crippen molar-refractivity contribution in [2.45, 2.75) is 51.5 Å². The van der Waals surface area contributed by atoms with E-state index in [4.69, 9.17) is 11.6 Å². The number of nitrogens with one attached hydrogen (secondary N) is 1. The predicted octanol–water partition coefficient (Wildman–Crippen LogP) is 3.90. The maximum absolute atomic E-state index is 5.80. The Morgan fingerprint density at radius 2 is 2.18 bits per heavy atom. The number of nitrogens with zero attached hydrogens (tertiary/aromatic N) is 2. The molecule has 0 amide bonds. The van der Waals surface area contributed by atoms with E-state index < -0.39 is 0 Å². The van der Waals surface area contributed by atoms with Gasteiger partial charge < -0.3 is 5.32 Å². The number of anilines is 1. The molecule has 4 heteroatoms. The molecule has 0 saturated heterocycles. The standard InChI is InChI=1S/C13H20ClN3/c1-2-11(10-6-4-3-5-7-10)16-12-8-9-15-13(14)17-12/h8-11H,2-7H2,1H3,(H,15,16,17). The lowest BCUT2D eigenvalue weighted by atomic mass is 9.83. The van der Waals surface area contributed by atoms with Gasteiger partial charge in [-0.15, -0.1) is 0 Å². The molecule has 0 radical (unpaired) electrons. The van der Waals surface area contributed by atoms with Gasteiger partial charge in [-0.25, -0.2) is 9.97 Å². The van der Waals surface area contributed by atoms with Gasteiger partial charge in [0.2, 0.25) is 5.28 Å². The summed E-state index contributed by atoms with van der Waals surface area (Å²) in [7, 11) is 0. The van der Waals surface area contributed by atoms with Crippen LogP contribution in [0.25, 0.3) is 0 Å². The molecule has 1 aliphatic carbocycles. The smallest absolute Gasteiger partial charge is 0.224 e. The van der Waals surface area contributed by atoms with Gasteiger partial charge in [0, 0.05) is 12.2 Å². The lowest BCUT2D eigenvalue weighted by Crippen LogP contribution is -2.30. The summed E-state index contributed by atoms with van der Waals surface area (Å²) in [4.78, 5) is 8.10. The average Bonchev–Trinajstić information content (AvgIpc) is 2.37. The molecule has 1 N–H and O–H groups in total. The van der Waals surface area contributed by atoms with E-state index in [-0.39, 0.29) is 0 Å². The minimum atomic E-state index is 0.313. The summed E-state index contributed by atoms with van der Waals surface area (Å²) in [6.07, 6.45) is 9.64. The molecule has 0 bridgehead atoms. The highest BCUT2D eigenvalue weighted by Crippen LogP contribution is 2.29. The van der Waals surface area contributed by atoms with Gasteiger partial charge in [-0.2, -0.15) is 0 Å². The van der Waals surface area contributed by atoms with E-state index in [0.29, 0.717) is 11.3 Å². The summed E-state index contributed by atoms with van der Waals surface area (Å²) in [5, 5.41) is 3.82. The Kier molecular flexibility index (Phi) is 4.60. The zero-order valence-corrected chi connectivity index (χ0v) is 11.1. The first-order valence-corrected chi connectivity index (χ1v) is 6.92. The van der Waals surface area contributed by atoms with Crippen LogP contribution in [0.2, 0.25) is 5.28 Å². The summed E-state index contributed by atoms with van der Waals surface area (Å²) in [6, 6.07) is 2.40. The first-order chi connectivity index (χ1) is 8.29. The molecule has 1 heterocycles. The summed E-state index contributed by atoms with van der Waals surface area (Å²) in [6.45, 7) is 2.23. The third kappa shape index (κ3) is 3.56. The lowest BCUT2D eigenvalue weighted by molar-refractivity contribution is 0.312. The Morgan fingerprint density at radius 3 is 2.82 bits per heavy atom. The maximum Gasteiger partial charge on any atom is 0.224 e. The first kappa shape index (κ1) is 12.6. The molecule has 1 aromatic rings. The molecule has 1 aromatic heterocycles. The Labute approximate surface area is 108 Å². The van der Waals surface area contributed by atoms with E-state index in [1.165, 1.54) is 32.1 Å². The highest BCUT2D eigenvalue weighted by molar-refractivity contribution is 6.28. The van der Waals surface area contributed by atoms with Crippen LogP contribution in [-0.4, -0.2) is 16.0 Å². The van der Waals surface area contributed by atoms with Crippen molar-refractivity contribution in [2.24, 2.45) is 5.92 Å². The summed E-state index contributed by atoms with van der Waals surface area (Å²) < 4.78 is 0. The van der Waals surface area contributed by atoms with Gasteiger partial charge in [-0.3, -0.25) is 0 Å². The monoisotopic (exact) mass is 253 g/mol. The molecule has 1 fully saturated rings. The van der Waals surface area contributed by atoms with E-state index >= 15 is 0 Å². The van der Waals surface area contributed by atoms with Crippen LogP contribution in [0, 0.1) is 5.92 Å². The van der Waals surface area contributed by atoms with Crippen molar-refractivity contribution in [3.63, 3.8) is 0 Å². The van der Waals surface area contributed by atoms with Crippen LogP contribution in [0.5, 0.6) is 0 Å². The second-order valence-electron chi connectivity index (χ2n) is 4.77. The molecule has 1 unspecified atom stereocenters. The third-order valence-electron chi connectivity index (χ3n) is 3.62. The van der Waals surface area contributed by atoms with Crippen LogP contribution in [0.4, 0.5) is 5.82 Å². The van der Waals surface area contributed by atoms with Gasteiger partial charge in [0.1, 0.15) is 5.82 Å². The lowest BCUT2D eigenvalue weighted by Gasteiger charge is -2.30.